The van der Waals surface area contributed by atoms with Gasteiger partial charge in [0.2, 0.25) is 0 Å². The Morgan fingerprint density at radius 2 is 1.36 bits per heavy atom. The summed E-state index contributed by atoms with van der Waals surface area (Å²) in [6.07, 6.45) is 0.0413. The smallest absolute Gasteiger partial charge is 0.427 e. The number of nitrogens with zero attached hydrogens (tertiary/aromatic N) is 1. The number of rotatable bonds is 9. The normalized spacial score (nSPS) is 17.5. The quantitative estimate of drug-likeness (QED) is 0.356. The monoisotopic (exact) mass is 526 g/mol. The van der Waals surface area contributed by atoms with E-state index in [9.17, 15) is 5.11 Å². The Bertz CT molecular complexity index is 1230. The molecule has 0 saturated carbocycles. The van der Waals surface area contributed by atoms with E-state index in [2.05, 4.69) is 100 Å². The first-order chi connectivity index (χ1) is 18.2. The van der Waals surface area contributed by atoms with Crippen molar-refractivity contribution in [2.45, 2.75) is 85.2 Å². The third-order valence-corrected chi connectivity index (χ3v) is 7.80. The van der Waals surface area contributed by atoms with E-state index in [1.165, 1.54) is 5.56 Å². The van der Waals surface area contributed by atoms with E-state index in [0.717, 1.165) is 28.0 Å². The van der Waals surface area contributed by atoms with Gasteiger partial charge in [-0.15, -0.1) is 0 Å². The van der Waals surface area contributed by atoms with Crippen molar-refractivity contribution in [3.8, 4) is 0 Å². The molecule has 1 aliphatic rings. The summed E-state index contributed by atoms with van der Waals surface area (Å²) in [5.41, 5.74) is 4.24. The zero-order chi connectivity index (χ0) is 28.6. The van der Waals surface area contributed by atoms with E-state index in [-0.39, 0.29) is 18.8 Å². The van der Waals surface area contributed by atoms with Crippen LogP contribution in [0.4, 0.5) is 17.1 Å². The van der Waals surface area contributed by atoms with Crippen LogP contribution in [-0.2, 0) is 14.0 Å². The topological polar surface area (TPSA) is 51.2 Å². The molecule has 1 atom stereocenters. The van der Waals surface area contributed by atoms with Crippen LogP contribution in [0, 0.1) is 12.8 Å². The average molecular weight is 526 g/mol. The number of hydrogen-bond acceptors (Lipinski definition) is 5. The summed E-state index contributed by atoms with van der Waals surface area (Å²) in [6, 6.07) is 25.2. The average Bonchev–Trinajstić information content (AvgIpc) is 3.20. The first-order valence-corrected chi connectivity index (χ1v) is 13.8. The predicted molar refractivity (Wildman–Crippen MR) is 163 cm³/mol. The van der Waals surface area contributed by atoms with Crippen molar-refractivity contribution in [1.29, 1.82) is 0 Å². The second kappa shape index (κ2) is 11.1. The van der Waals surface area contributed by atoms with Gasteiger partial charge in [-0.1, -0.05) is 61.3 Å². The van der Waals surface area contributed by atoms with Crippen LogP contribution in [0.5, 0.6) is 0 Å². The van der Waals surface area contributed by atoms with Gasteiger partial charge in [-0.05, 0) is 96.2 Å². The standard InChI is InChI=1S/C32H42B2NO4/c1-22(2)29-30(4,5)39-34(37-29)25-14-20-28(21-15-25)35(26-16-10-23(3)11-17-26)27-18-12-24(13-19-27)33-38-32(8,9)31(6,7)36/h10-22,29,36H,1-9H3. The van der Waals surface area contributed by atoms with Crippen molar-refractivity contribution >= 4 is 42.6 Å². The number of aryl methyl sites for hydroxylation is 1. The lowest BCUT2D eigenvalue weighted by atomic mass is 9.79. The Balaban J connectivity index is 1.59. The van der Waals surface area contributed by atoms with Crippen LogP contribution >= 0.6 is 0 Å². The molecule has 205 valence electrons. The fourth-order valence-corrected chi connectivity index (χ4v) is 4.76. The number of anilines is 3. The molecule has 0 aliphatic carbocycles. The largest absolute Gasteiger partial charge is 0.494 e. The van der Waals surface area contributed by atoms with Gasteiger partial charge in [-0.3, -0.25) is 0 Å². The van der Waals surface area contributed by atoms with Crippen molar-refractivity contribution in [3.63, 3.8) is 0 Å². The lowest BCUT2D eigenvalue weighted by Gasteiger charge is -2.37. The molecule has 1 aliphatic heterocycles. The Labute approximate surface area is 235 Å². The Hall–Kier alpha value is -2.57. The van der Waals surface area contributed by atoms with Crippen LogP contribution in [-0.4, -0.2) is 42.6 Å². The van der Waals surface area contributed by atoms with Crippen LogP contribution in [0.25, 0.3) is 0 Å². The molecule has 3 aromatic rings. The maximum Gasteiger partial charge on any atom is 0.494 e. The molecule has 0 aromatic heterocycles. The van der Waals surface area contributed by atoms with Gasteiger partial charge in [0.15, 0.2) is 0 Å². The van der Waals surface area contributed by atoms with Crippen molar-refractivity contribution in [3.05, 3.63) is 78.4 Å². The zero-order valence-electron chi connectivity index (χ0n) is 24.9. The molecule has 39 heavy (non-hydrogen) atoms. The van der Waals surface area contributed by atoms with E-state index >= 15 is 0 Å². The van der Waals surface area contributed by atoms with Crippen LogP contribution in [0.3, 0.4) is 0 Å². The fraction of sp³-hybridized carbons (Fsp3) is 0.438. The SMILES string of the molecule is Cc1ccc(N(c2ccc([B]OC(C)(C)C(C)(C)O)cc2)c2ccc(B3OC(C(C)C)C(C)(C)O3)cc2)cc1. The maximum atomic E-state index is 10.4. The molecule has 0 bridgehead atoms. The van der Waals surface area contributed by atoms with Gasteiger partial charge < -0.3 is 24.0 Å². The molecule has 7 heteroatoms. The predicted octanol–water partition coefficient (Wildman–Crippen LogP) is 5.82. The van der Waals surface area contributed by atoms with Crippen LogP contribution in [0.1, 0.15) is 61.0 Å². The molecule has 1 N–H and O–H groups in total. The van der Waals surface area contributed by atoms with Crippen molar-refractivity contribution in [2.75, 3.05) is 4.90 Å². The highest BCUT2D eigenvalue weighted by atomic mass is 16.7. The Morgan fingerprint density at radius 3 is 1.82 bits per heavy atom. The molecular weight excluding hydrogens is 484 g/mol. The van der Waals surface area contributed by atoms with Gasteiger partial charge in [0.05, 0.1) is 22.9 Å². The van der Waals surface area contributed by atoms with Gasteiger partial charge in [-0.25, -0.2) is 0 Å². The van der Waals surface area contributed by atoms with E-state index in [1.807, 2.05) is 26.0 Å². The molecule has 3 aromatic carbocycles. The van der Waals surface area contributed by atoms with Gasteiger partial charge in [0, 0.05) is 17.1 Å². The van der Waals surface area contributed by atoms with Crippen molar-refractivity contribution < 1.29 is 19.1 Å². The summed E-state index contributed by atoms with van der Waals surface area (Å²) >= 11 is 0. The molecule has 1 saturated heterocycles. The second-order valence-corrected chi connectivity index (χ2v) is 12.5. The number of hydrogen-bond donors (Lipinski definition) is 1. The summed E-state index contributed by atoms with van der Waals surface area (Å²) in [7, 11) is 1.33. The summed E-state index contributed by atoms with van der Waals surface area (Å²) < 4.78 is 18.6. The molecule has 1 fully saturated rings. The molecule has 0 amide bonds. The van der Waals surface area contributed by atoms with Crippen LogP contribution in [0.2, 0.25) is 0 Å². The minimum Gasteiger partial charge on any atom is -0.427 e. The molecule has 0 spiro atoms. The molecule has 4 rings (SSSR count). The third-order valence-electron chi connectivity index (χ3n) is 7.80. The van der Waals surface area contributed by atoms with Gasteiger partial charge in [0.25, 0.3) is 0 Å². The number of aliphatic hydroxyl groups is 1. The summed E-state index contributed by atoms with van der Waals surface area (Å²) in [4.78, 5) is 2.23. The fourth-order valence-electron chi connectivity index (χ4n) is 4.76. The third kappa shape index (κ3) is 6.60. The first kappa shape index (κ1) is 29.4. The summed E-state index contributed by atoms with van der Waals surface area (Å²) in [6.45, 7) is 17.9. The van der Waals surface area contributed by atoms with Gasteiger partial charge in [0.1, 0.15) is 0 Å². The lowest BCUT2D eigenvalue weighted by Crippen LogP contribution is -2.49. The molecular formula is C32H42B2NO4. The first-order valence-electron chi connectivity index (χ1n) is 13.8. The summed E-state index contributed by atoms with van der Waals surface area (Å²) in [5, 5.41) is 10.4. The summed E-state index contributed by atoms with van der Waals surface area (Å²) in [5.74, 6) is 0.369. The highest BCUT2D eigenvalue weighted by Gasteiger charge is 2.47. The van der Waals surface area contributed by atoms with E-state index in [1.54, 1.807) is 21.3 Å². The van der Waals surface area contributed by atoms with Gasteiger partial charge in [-0.2, -0.15) is 0 Å². The Morgan fingerprint density at radius 1 is 0.872 bits per heavy atom. The molecule has 5 nitrogen and oxygen atoms in total. The minimum atomic E-state index is -0.974. The maximum absolute atomic E-state index is 10.4. The van der Waals surface area contributed by atoms with Crippen LogP contribution < -0.4 is 15.8 Å². The molecule has 1 heterocycles. The Kier molecular flexibility index (Phi) is 8.39. The number of benzene rings is 3. The highest BCUT2D eigenvalue weighted by Crippen LogP contribution is 2.35. The van der Waals surface area contributed by atoms with Gasteiger partial charge >= 0.3 is 14.6 Å². The van der Waals surface area contributed by atoms with E-state index < -0.39 is 11.2 Å². The highest BCUT2D eigenvalue weighted by molar-refractivity contribution is 6.62. The van der Waals surface area contributed by atoms with Crippen molar-refractivity contribution in [2.24, 2.45) is 5.92 Å². The van der Waals surface area contributed by atoms with Crippen molar-refractivity contribution in [1.82, 2.24) is 0 Å². The minimum absolute atomic E-state index is 0.0413. The lowest BCUT2D eigenvalue weighted by molar-refractivity contribution is -0.0893. The molecule has 1 radical (unpaired) electrons. The van der Waals surface area contributed by atoms with E-state index in [4.69, 9.17) is 14.0 Å². The second-order valence-electron chi connectivity index (χ2n) is 12.5. The van der Waals surface area contributed by atoms with E-state index in [0.29, 0.717) is 5.92 Å². The molecule has 1 unspecified atom stereocenters. The zero-order valence-corrected chi connectivity index (χ0v) is 24.9. The van der Waals surface area contributed by atoms with Crippen LogP contribution in [0.15, 0.2) is 72.8 Å².